The minimum Gasteiger partial charge on any atom is -0.318 e. The van der Waals surface area contributed by atoms with Crippen LogP contribution in [0.25, 0.3) is 0 Å². The Bertz CT molecular complexity index is 30.4. The number of nitrogens with two attached hydrogens (primary N) is 3. The summed E-state index contributed by atoms with van der Waals surface area (Å²) in [5.41, 5.74) is 15.5. The van der Waals surface area contributed by atoms with Crippen molar-refractivity contribution < 1.29 is 0 Å². The number of nitrogens with zero attached hydrogens (tertiary/aromatic N) is 1. The molecule has 9 heavy (non-hydrogen) atoms. The lowest BCUT2D eigenvalue weighted by molar-refractivity contribution is 0.299. The molecule has 0 bridgehead atoms. The van der Waals surface area contributed by atoms with Crippen LogP contribution < -0.4 is 17.2 Å². The summed E-state index contributed by atoms with van der Waals surface area (Å²) in [6.07, 6.45) is 0. The summed E-state index contributed by atoms with van der Waals surface area (Å²) in [5.74, 6) is 0. The monoisotopic (exact) mass is 136 g/mol. The van der Waals surface area contributed by atoms with Gasteiger partial charge < -0.3 is 17.2 Å². The summed E-state index contributed by atoms with van der Waals surface area (Å²) >= 11 is 0. The summed E-state index contributed by atoms with van der Waals surface area (Å²) in [4.78, 5) is 1.71. The molecule has 6 N–H and O–H groups in total. The van der Waals surface area contributed by atoms with Gasteiger partial charge in [0.25, 0.3) is 0 Å². The molecule has 0 aliphatic heterocycles. The predicted octanol–water partition coefficient (Wildman–Crippen LogP) is -0.691. The van der Waals surface area contributed by atoms with Crippen LogP contribution in [0.2, 0.25) is 0 Å². The molecule has 0 saturated carbocycles. The molecule has 4 heteroatoms. The van der Waals surface area contributed by atoms with E-state index in [1.807, 2.05) is 0 Å². The van der Waals surface area contributed by atoms with Gasteiger partial charge in [-0.15, -0.1) is 0 Å². The van der Waals surface area contributed by atoms with E-state index in [1.54, 1.807) is 4.90 Å². The zero-order valence-corrected chi connectivity index (χ0v) is 4.30. The molecule has 0 radical (unpaired) electrons. The van der Waals surface area contributed by atoms with Gasteiger partial charge >= 0.3 is 0 Å². The molecule has 4 nitrogen and oxygen atoms in total. The maximum Gasteiger partial charge on any atom is 0.0479 e. The quantitative estimate of drug-likeness (QED) is 0.448. The van der Waals surface area contributed by atoms with E-state index in [-0.39, 0.29) is 14.9 Å². The van der Waals surface area contributed by atoms with Gasteiger partial charge in [-0.05, 0) is 0 Å². The van der Waals surface area contributed by atoms with Gasteiger partial charge in [0.2, 0.25) is 0 Å². The van der Waals surface area contributed by atoms with Gasteiger partial charge in [-0.3, -0.25) is 4.90 Å². The van der Waals surface area contributed by atoms with E-state index in [4.69, 9.17) is 17.2 Å². The van der Waals surface area contributed by atoms with Crippen molar-refractivity contribution in [2.75, 3.05) is 20.0 Å². The lowest BCUT2D eigenvalue weighted by atomic mass is 10.8. The molecule has 0 aliphatic rings. The molecule has 0 aromatic rings. The van der Waals surface area contributed by atoms with Crippen LogP contribution in [0.5, 0.6) is 0 Å². The zero-order chi connectivity index (χ0) is 5.70. The number of rotatable bonds is 3. The summed E-state index contributed by atoms with van der Waals surface area (Å²) in [6, 6.07) is 0. The Morgan fingerprint density at radius 2 is 1.00 bits per heavy atom. The maximum atomic E-state index is 5.16. The highest BCUT2D eigenvalue weighted by atomic mass is 15.2. The highest BCUT2D eigenvalue weighted by Gasteiger charge is 1.89. The van der Waals surface area contributed by atoms with Crippen molar-refractivity contribution >= 4 is 0 Å². The Morgan fingerprint density at radius 3 is 1.00 bits per heavy atom. The van der Waals surface area contributed by atoms with Crippen molar-refractivity contribution in [2.45, 2.75) is 14.9 Å². The van der Waals surface area contributed by atoms with Gasteiger partial charge in [-0.2, -0.15) is 0 Å². The van der Waals surface area contributed by atoms with Crippen molar-refractivity contribution in [3.63, 3.8) is 0 Å². The van der Waals surface area contributed by atoms with Crippen LogP contribution in [0.15, 0.2) is 0 Å². The Hall–Kier alpha value is -0.160. The first-order valence-corrected chi connectivity index (χ1v) is 2.17. The molecule has 60 valence electrons. The number of hydrogen-bond acceptors (Lipinski definition) is 4. The average Bonchev–Trinajstić information content (AvgIpc) is 1.72. The molecule has 0 aromatic carbocycles. The van der Waals surface area contributed by atoms with Crippen LogP contribution in [-0.4, -0.2) is 24.9 Å². The average molecular weight is 136 g/mol. The molecule has 0 unspecified atom stereocenters. The van der Waals surface area contributed by atoms with Crippen molar-refractivity contribution in [1.29, 1.82) is 0 Å². The largest absolute Gasteiger partial charge is 0.318 e. The van der Waals surface area contributed by atoms with Gasteiger partial charge in [-0.25, -0.2) is 0 Å². The van der Waals surface area contributed by atoms with Crippen molar-refractivity contribution in [3.05, 3.63) is 0 Å². The van der Waals surface area contributed by atoms with Crippen LogP contribution in [0.3, 0.4) is 0 Å². The molecule has 0 aromatic heterocycles. The Balaban J connectivity index is -0.000000180. The highest BCUT2D eigenvalue weighted by molar-refractivity contribution is 4.40. The van der Waals surface area contributed by atoms with Crippen LogP contribution >= 0.6 is 0 Å². The molecular formula is C5H20N4. The van der Waals surface area contributed by atoms with Gasteiger partial charge in [-0.1, -0.05) is 14.9 Å². The van der Waals surface area contributed by atoms with Crippen molar-refractivity contribution in [3.8, 4) is 0 Å². The molecule has 0 aliphatic carbocycles. The first-order chi connectivity index (χ1) is 3.35. The minimum atomic E-state index is 0. The van der Waals surface area contributed by atoms with E-state index >= 15 is 0 Å². The summed E-state index contributed by atoms with van der Waals surface area (Å²) in [5, 5.41) is 0. The smallest absolute Gasteiger partial charge is 0.0479 e. The van der Waals surface area contributed by atoms with Gasteiger partial charge in [0.1, 0.15) is 0 Å². The topological polar surface area (TPSA) is 81.3 Å². The van der Waals surface area contributed by atoms with Gasteiger partial charge in [0.05, 0.1) is 0 Å². The SMILES string of the molecule is C.C.NCN(CN)CN. The van der Waals surface area contributed by atoms with Crippen LogP contribution in [0.1, 0.15) is 14.9 Å². The normalized spacial score (nSPS) is 8.00. The summed E-state index contributed by atoms with van der Waals surface area (Å²) in [7, 11) is 0. The fourth-order valence-electron chi connectivity index (χ4n) is 0.224. The van der Waals surface area contributed by atoms with E-state index in [1.165, 1.54) is 0 Å². The van der Waals surface area contributed by atoms with E-state index < -0.39 is 0 Å². The fourth-order valence-corrected chi connectivity index (χ4v) is 0.224. The Kier molecular flexibility index (Phi) is 19.0. The molecule has 0 heterocycles. The molecular weight excluding hydrogens is 116 g/mol. The van der Waals surface area contributed by atoms with Crippen LogP contribution in [-0.2, 0) is 0 Å². The molecule has 0 fully saturated rings. The third-order valence-corrected chi connectivity index (χ3v) is 0.775. The lowest BCUT2D eigenvalue weighted by Crippen LogP contribution is -2.39. The molecule has 0 spiro atoms. The highest BCUT2D eigenvalue weighted by Crippen LogP contribution is 1.68. The maximum absolute atomic E-state index is 5.16. The Morgan fingerprint density at radius 1 is 0.778 bits per heavy atom. The second-order valence-electron chi connectivity index (χ2n) is 1.22. The predicted molar refractivity (Wildman–Crippen MR) is 42.5 cm³/mol. The first-order valence-electron chi connectivity index (χ1n) is 2.17. The minimum absolute atomic E-state index is 0. The number of hydrogen-bond donors (Lipinski definition) is 3. The van der Waals surface area contributed by atoms with E-state index in [0.717, 1.165) is 0 Å². The molecule has 0 amide bonds. The molecule has 0 rings (SSSR count). The fraction of sp³-hybridized carbons (Fsp3) is 1.00. The second-order valence-corrected chi connectivity index (χ2v) is 1.22. The van der Waals surface area contributed by atoms with Crippen molar-refractivity contribution in [2.24, 2.45) is 17.2 Å². The van der Waals surface area contributed by atoms with E-state index in [0.29, 0.717) is 20.0 Å². The van der Waals surface area contributed by atoms with E-state index in [2.05, 4.69) is 0 Å². The third kappa shape index (κ3) is 7.84. The van der Waals surface area contributed by atoms with E-state index in [9.17, 15) is 0 Å². The van der Waals surface area contributed by atoms with Gasteiger partial charge in [0, 0.05) is 20.0 Å². The summed E-state index contributed by atoms with van der Waals surface area (Å²) in [6.45, 7) is 1.31. The first kappa shape index (κ1) is 15.9. The van der Waals surface area contributed by atoms with Gasteiger partial charge in [0.15, 0.2) is 0 Å². The second kappa shape index (κ2) is 10.8. The van der Waals surface area contributed by atoms with Crippen molar-refractivity contribution in [1.82, 2.24) is 4.90 Å². The lowest BCUT2D eigenvalue weighted by Gasteiger charge is -2.12. The zero-order valence-electron chi connectivity index (χ0n) is 4.30. The van der Waals surface area contributed by atoms with Crippen LogP contribution in [0.4, 0.5) is 0 Å². The standard InChI is InChI=1S/C3H12N4.2CH4/c4-1-7(2-5)3-6;;/h1-6H2;2*1H4. The van der Waals surface area contributed by atoms with Crippen LogP contribution in [0, 0.1) is 0 Å². The Labute approximate surface area is 58.0 Å². The molecule has 0 atom stereocenters. The third-order valence-electron chi connectivity index (χ3n) is 0.775. The summed E-state index contributed by atoms with van der Waals surface area (Å²) < 4.78 is 0. The molecule has 0 saturated heterocycles.